The first kappa shape index (κ1) is 6.18. The molecule has 0 radical (unpaired) electrons. The van der Waals surface area contributed by atoms with Gasteiger partial charge in [-0.05, 0) is 0 Å². The van der Waals surface area contributed by atoms with Gasteiger partial charge in [0.05, 0.1) is 11.9 Å². The molecule has 5 nitrogen and oxygen atoms in total. The number of aliphatic hydroxyl groups is 2. The second-order valence-electron chi connectivity index (χ2n) is 1.65. The maximum Gasteiger partial charge on any atom is 0.157 e. The van der Waals surface area contributed by atoms with E-state index in [1.54, 1.807) is 0 Å². The molecule has 0 aliphatic heterocycles. The number of H-pyrrole nitrogens is 1. The molecular formula is C4H7N3O2. The first-order chi connectivity index (χ1) is 4.29. The number of hydrogen-bond acceptors (Lipinski definition) is 4. The summed E-state index contributed by atoms with van der Waals surface area (Å²) < 4.78 is 0. The fourth-order valence-electron chi connectivity index (χ4n) is 0.511. The molecular weight excluding hydrogens is 122 g/mol. The summed E-state index contributed by atoms with van der Waals surface area (Å²) in [6.45, 7) is 0. The topological polar surface area (TPSA) is 82.0 Å². The van der Waals surface area contributed by atoms with E-state index in [9.17, 15) is 0 Å². The van der Waals surface area contributed by atoms with Gasteiger partial charge in [0.25, 0.3) is 0 Å². The lowest BCUT2D eigenvalue weighted by Crippen LogP contribution is -2.08. The van der Waals surface area contributed by atoms with E-state index in [1.165, 1.54) is 6.20 Å². The number of rotatable bonds is 2. The zero-order valence-corrected chi connectivity index (χ0v) is 4.65. The van der Waals surface area contributed by atoms with Crippen LogP contribution in [0.4, 0.5) is 0 Å². The minimum Gasteiger partial charge on any atom is -0.368 e. The highest BCUT2D eigenvalue weighted by Crippen LogP contribution is 1.92. The van der Waals surface area contributed by atoms with Gasteiger partial charge in [-0.2, -0.15) is 15.4 Å². The molecule has 0 saturated heterocycles. The third-order valence-electron chi connectivity index (χ3n) is 0.857. The second-order valence-corrected chi connectivity index (χ2v) is 1.65. The van der Waals surface area contributed by atoms with Crippen molar-refractivity contribution in [2.45, 2.75) is 12.7 Å². The van der Waals surface area contributed by atoms with Gasteiger partial charge in [-0.3, -0.25) is 0 Å². The van der Waals surface area contributed by atoms with Gasteiger partial charge in [0.2, 0.25) is 0 Å². The SMILES string of the molecule is OC(O)Cc1cn[nH]n1. The van der Waals surface area contributed by atoms with Gasteiger partial charge in [-0.1, -0.05) is 0 Å². The summed E-state index contributed by atoms with van der Waals surface area (Å²) in [6, 6.07) is 0. The van der Waals surface area contributed by atoms with Gasteiger partial charge in [0.1, 0.15) is 0 Å². The number of aromatic nitrogens is 3. The molecule has 5 heteroatoms. The summed E-state index contributed by atoms with van der Waals surface area (Å²) in [5, 5.41) is 26.2. The summed E-state index contributed by atoms with van der Waals surface area (Å²) in [5.74, 6) is 0. The lowest BCUT2D eigenvalue weighted by Gasteiger charge is -1.95. The Kier molecular flexibility index (Phi) is 1.76. The Hall–Kier alpha value is -0.940. The number of aliphatic hydroxyl groups excluding tert-OH is 1. The smallest absolute Gasteiger partial charge is 0.157 e. The molecule has 9 heavy (non-hydrogen) atoms. The van der Waals surface area contributed by atoms with Crippen molar-refractivity contribution in [2.24, 2.45) is 0 Å². The Labute approximate surface area is 51.3 Å². The van der Waals surface area contributed by atoms with Crippen molar-refractivity contribution >= 4 is 0 Å². The predicted molar refractivity (Wildman–Crippen MR) is 28.3 cm³/mol. The van der Waals surface area contributed by atoms with Crippen molar-refractivity contribution in [3.63, 3.8) is 0 Å². The van der Waals surface area contributed by atoms with E-state index in [0.29, 0.717) is 5.69 Å². The van der Waals surface area contributed by atoms with E-state index in [-0.39, 0.29) is 6.42 Å². The van der Waals surface area contributed by atoms with E-state index in [4.69, 9.17) is 10.2 Å². The lowest BCUT2D eigenvalue weighted by atomic mass is 10.3. The summed E-state index contributed by atoms with van der Waals surface area (Å²) in [4.78, 5) is 0. The maximum absolute atomic E-state index is 8.40. The molecule has 1 heterocycles. The van der Waals surface area contributed by atoms with Crippen LogP contribution < -0.4 is 0 Å². The summed E-state index contributed by atoms with van der Waals surface area (Å²) in [5.41, 5.74) is 0.546. The van der Waals surface area contributed by atoms with Gasteiger partial charge in [0, 0.05) is 6.42 Å². The van der Waals surface area contributed by atoms with Crippen molar-refractivity contribution in [3.8, 4) is 0 Å². The Morgan fingerprint density at radius 3 is 2.89 bits per heavy atom. The van der Waals surface area contributed by atoms with Gasteiger partial charge in [-0.15, -0.1) is 0 Å². The van der Waals surface area contributed by atoms with Crippen LogP contribution in [0.3, 0.4) is 0 Å². The highest BCUT2D eigenvalue weighted by Gasteiger charge is 2.00. The fourth-order valence-corrected chi connectivity index (χ4v) is 0.511. The van der Waals surface area contributed by atoms with Crippen molar-refractivity contribution < 1.29 is 10.2 Å². The molecule has 50 valence electrons. The van der Waals surface area contributed by atoms with Gasteiger partial charge in [-0.25, -0.2) is 0 Å². The quantitative estimate of drug-likeness (QED) is 0.431. The molecule has 1 aromatic heterocycles. The minimum absolute atomic E-state index is 0.122. The molecule has 0 aliphatic carbocycles. The zero-order valence-electron chi connectivity index (χ0n) is 4.65. The molecule has 0 aromatic carbocycles. The van der Waals surface area contributed by atoms with Crippen LogP contribution in [0.5, 0.6) is 0 Å². The van der Waals surface area contributed by atoms with E-state index in [1.807, 2.05) is 0 Å². The number of nitrogens with zero attached hydrogens (tertiary/aromatic N) is 2. The zero-order chi connectivity index (χ0) is 6.69. The largest absolute Gasteiger partial charge is 0.368 e. The normalized spacial score (nSPS) is 10.6. The van der Waals surface area contributed by atoms with Crippen LogP contribution in [0.2, 0.25) is 0 Å². The van der Waals surface area contributed by atoms with E-state index in [0.717, 1.165) is 0 Å². The summed E-state index contributed by atoms with van der Waals surface area (Å²) >= 11 is 0. The molecule has 1 aromatic rings. The monoisotopic (exact) mass is 129 g/mol. The van der Waals surface area contributed by atoms with Crippen LogP contribution >= 0.6 is 0 Å². The Balaban J connectivity index is 2.48. The van der Waals surface area contributed by atoms with Crippen molar-refractivity contribution in [1.29, 1.82) is 0 Å². The minimum atomic E-state index is -1.34. The van der Waals surface area contributed by atoms with Crippen LogP contribution in [0.15, 0.2) is 6.20 Å². The number of hydrogen-bond donors (Lipinski definition) is 3. The van der Waals surface area contributed by atoms with Crippen LogP contribution in [-0.2, 0) is 6.42 Å². The fraction of sp³-hybridized carbons (Fsp3) is 0.500. The van der Waals surface area contributed by atoms with Crippen LogP contribution in [-0.4, -0.2) is 31.9 Å². The van der Waals surface area contributed by atoms with E-state index < -0.39 is 6.29 Å². The van der Waals surface area contributed by atoms with Crippen molar-refractivity contribution in [2.75, 3.05) is 0 Å². The van der Waals surface area contributed by atoms with Crippen molar-refractivity contribution in [1.82, 2.24) is 15.4 Å². The summed E-state index contributed by atoms with van der Waals surface area (Å²) in [7, 11) is 0. The Bertz CT molecular complexity index is 160. The molecule has 0 fully saturated rings. The first-order valence-electron chi connectivity index (χ1n) is 2.50. The predicted octanol–water partition coefficient (Wildman–Crippen LogP) is -1.34. The lowest BCUT2D eigenvalue weighted by molar-refractivity contribution is -0.0388. The van der Waals surface area contributed by atoms with E-state index in [2.05, 4.69) is 15.4 Å². The molecule has 0 bridgehead atoms. The molecule has 0 saturated carbocycles. The van der Waals surface area contributed by atoms with E-state index >= 15 is 0 Å². The molecule has 0 unspecified atom stereocenters. The van der Waals surface area contributed by atoms with Gasteiger partial charge >= 0.3 is 0 Å². The van der Waals surface area contributed by atoms with Gasteiger partial charge < -0.3 is 10.2 Å². The summed E-state index contributed by atoms with van der Waals surface area (Å²) in [6.07, 6.45) is 0.228. The van der Waals surface area contributed by atoms with Crippen LogP contribution in [0.25, 0.3) is 0 Å². The molecule has 3 N–H and O–H groups in total. The molecule has 0 aliphatic rings. The maximum atomic E-state index is 8.40. The van der Waals surface area contributed by atoms with Crippen LogP contribution in [0, 0.1) is 0 Å². The average molecular weight is 129 g/mol. The number of aromatic amines is 1. The molecule has 0 amide bonds. The third-order valence-corrected chi connectivity index (χ3v) is 0.857. The highest BCUT2D eigenvalue weighted by molar-refractivity contribution is 4.90. The highest BCUT2D eigenvalue weighted by atomic mass is 16.5. The third kappa shape index (κ3) is 1.79. The van der Waals surface area contributed by atoms with Gasteiger partial charge in [0.15, 0.2) is 6.29 Å². The Morgan fingerprint density at radius 2 is 2.44 bits per heavy atom. The molecule has 0 spiro atoms. The standard InChI is InChI=1S/C4H7N3O2/c8-4(9)1-3-2-5-7-6-3/h2,4,8-9H,1H2,(H,5,6,7). The average Bonchev–Trinajstić information content (AvgIpc) is 2.15. The van der Waals surface area contributed by atoms with Crippen LogP contribution in [0.1, 0.15) is 5.69 Å². The number of nitrogens with one attached hydrogen (secondary N) is 1. The molecule has 1 rings (SSSR count). The molecule has 0 atom stereocenters. The Morgan fingerprint density at radius 1 is 1.67 bits per heavy atom. The second kappa shape index (κ2) is 2.56. The first-order valence-corrected chi connectivity index (χ1v) is 2.50. The van der Waals surface area contributed by atoms with Crippen molar-refractivity contribution in [3.05, 3.63) is 11.9 Å².